The molecule has 0 saturated carbocycles. The zero-order valence-corrected chi connectivity index (χ0v) is 8.35. The van der Waals surface area contributed by atoms with Gasteiger partial charge in [-0.25, -0.2) is 0 Å². The van der Waals surface area contributed by atoms with E-state index in [1.807, 2.05) is 0 Å². The number of nitrogens with zero attached hydrogens (tertiary/aromatic N) is 1. The molecule has 1 rings (SSSR count). The molecule has 0 atom stereocenters. The molecular weight excluding hydrogens is 207 g/mol. The molecular formula is C5H6N3OY-. The van der Waals surface area contributed by atoms with Crippen molar-refractivity contribution in [2.24, 2.45) is 0 Å². The van der Waals surface area contributed by atoms with Crippen LogP contribution in [0.4, 0.5) is 5.82 Å². The maximum Gasteiger partial charge on any atom is 0.102 e. The largest absolute Gasteiger partial charge is 0.413 e. The van der Waals surface area contributed by atoms with E-state index in [4.69, 9.17) is 5.73 Å². The molecule has 0 amide bonds. The van der Waals surface area contributed by atoms with E-state index in [-0.39, 0.29) is 44.1 Å². The Hall–Kier alpha value is -0.216. The van der Waals surface area contributed by atoms with E-state index in [1.54, 1.807) is 6.92 Å². The predicted molar refractivity (Wildman–Crippen MR) is 32.8 cm³/mol. The van der Waals surface area contributed by atoms with Crippen molar-refractivity contribution in [2.75, 3.05) is 5.73 Å². The van der Waals surface area contributed by atoms with E-state index in [9.17, 15) is 4.79 Å². The number of hydrogen-bond acceptors (Lipinski definition) is 3. The molecule has 0 aliphatic heterocycles. The number of aromatic nitrogens is 2. The van der Waals surface area contributed by atoms with Gasteiger partial charge in [0.05, 0.1) is 5.56 Å². The summed E-state index contributed by atoms with van der Waals surface area (Å²) < 4.78 is 0. The number of H-pyrrole nitrogens is 1. The van der Waals surface area contributed by atoms with Crippen LogP contribution in [0.15, 0.2) is 4.79 Å². The summed E-state index contributed by atoms with van der Waals surface area (Å²) >= 11 is 0. The van der Waals surface area contributed by atoms with E-state index in [0.29, 0.717) is 5.82 Å². The monoisotopic (exact) mass is 213 g/mol. The molecule has 1 heterocycles. The number of rotatable bonds is 0. The minimum Gasteiger partial charge on any atom is -0.413 e. The van der Waals surface area contributed by atoms with E-state index < -0.39 is 0 Å². The van der Waals surface area contributed by atoms with Crippen LogP contribution in [0, 0.1) is 13.0 Å². The summed E-state index contributed by atoms with van der Waals surface area (Å²) in [6.07, 6.45) is 0. The van der Waals surface area contributed by atoms with Gasteiger partial charge >= 0.3 is 0 Å². The molecule has 1 radical (unpaired) electrons. The van der Waals surface area contributed by atoms with Crippen molar-refractivity contribution >= 4 is 5.82 Å². The van der Waals surface area contributed by atoms with Gasteiger partial charge in [-0.2, -0.15) is 0 Å². The third-order valence-corrected chi connectivity index (χ3v) is 0.824. The van der Waals surface area contributed by atoms with Crippen LogP contribution in [0.25, 0.3) is 0 Å². The van der Waals surface area contributed by atoms with Gasteiger partial charge in [-0.1, -0.05) is 5.82 Å². The summed E-state index contributed by atoms with van der Waals surface area (Å²) in [6, 6.07) is 2.27. The van der Waals surface area contributed by atoms with Crippen molar-refractivity contribution in [3.05, 3.63) is 22.2 Å². The molecule has 1 aromatic heterocycles. The Morgan fingerprint density at radius 1 is 1.70 bits per heavy atom. The minimum absolute atomic E-state index is 0. The fourth-order valence-corrected chi connectivity index (χ4v) is 0.548. The number of anilines is 1. The van der Waals surface area contributed by atoms with Crippen LogP contribution in [0.1, 0.15) is 5.82 Å². The van der Waals surface area contributed by atoms with Crippen LogP contribution in [0.2, 0.25) is 0 Å². The number of aryl methyl sites for hydroxylation is 1. The summed E-state index contributed by atoms with van der Waals surface area (Å²) in [4.78, 5) is 16.6. The van der Waals surface area contributed by atoms with E-state index in [2.05, 4.69) is 16.0 Å². The fourth-order valence-electron chi connectivity index (χ4n) is 0.548. The first kappa shape index (κ1) is 9.78. The van der Waals surface area contributed by atoms with Crippen LogP contribution >= 0.6 is 0 Å². The summed E-state index contributed by atoms with van der Waals surface area (Å²) in [5, 5.41) is 0. The van der Waals surface area contributed by atoms with E-state index >= 15 is 0 Å². The van der Waals surface area contributed by atoms with Crippen molar-refractivity contribution < 1.29 is 32.7 Å². The zero-order chi connectivity index (χ0) is 6.85. The van der Waals surface area contributed by atoms with Gasteiger partial charge in [-0.15, -0.1) is 0 Å². The molecule has 0 aromatic carbocycles. The maximum atomic E-state index is 10.5. The van der Waals surface area contributed by atoms with Crippen LogP contribution in [0.3, 0.4) is 0 Å². The molecule has 4 nitrogen and oxygen atoms in total. The van der Waals surface area contributed by atoms with Gasteiger partial charge < -0.3 is 21.6 Å². The zero-order valence-electron chi connectivity index (χ0n) is 5.51. The summed E-state index contributed by atoms with van der Waals surface area (Å²) in [6.45, 7) is 1.66. The Balaban J connectivity index is 0.000000810. The van der Waals surface area contributed by atoms with E-state index in [1.165, 1.54) is 0 Å². The first-order valence-electron chi connectivity index (χ1n) is 2.44. The van der Waals surface area contributed by atoms with Gasteiger partial charge in [-0.3, -0.25) is 4.98 Å². The Kier molecular flexibility index (Phi) is 3.75. The molecule has 51 valence electrons. The van der Waals surface area contributed by atoms with Crippen molar-refractivity contribution in [3.8, 4) is 0 Å². The molecule has 0 bridgehead atoms. The SMILES string of the molecule is Cc1nc(N)[c-]c(=O)[nH]1.[Y]. The molecule has 0 spiro atoms. The predicted octanol–water partition coefficient (Wildman–Crippen LogP) is -0.542. The fraction of sp³-hybridized carbons (Fsp3) is 0.200. The van der Waals surface area contributed by atoms with Crippen LogP contribution in [-0.2, 0) is 32.7 Å². The van der Waals surface area contributed by atoms with E-state index in [0.717, 1.165) is 0 Å². The molecule has 0 saturated heterocycles. The smallest absolute Gasteiger partial charge is 0.102 e. The second kappa shape index (κ2) is 3.83. The van der Waals surface area contributed by atoms with Gasteiger partial charge in [0.2, 0.25) is 0 Å². The number of nitrogens with two attached hydrogens (primary N) is 1. The number of aromatic amines is 1. The molecule has 10 heavy (non-hydrogen) atoms. The van der Waals surface area contributed by atoms with Gasteiger partial charge in [0.25, 0.3) is 0 Å². The Morgan fingerprint density at radius 3 is 2.70 bits per heavy atom. The van der Waals surface area contributed by atoms with Crippen molar-refractivity contribution in [1.82, 2.24) is 9.97 Å². The Morgan fingerprint density at radius 2 is 2.30 bits per heavy atom. The Labute approximate surface area is 83.1 Å². The summed E-state index contributed by atoms with van der Waals surface area (Å²) in [5.74, 6) is 0.646. The summed E-state index contributed by atoms with van der Waals surface area (Å²) in [7, 11) is 0. The van der Waals surface area contributed by atoms with Crippen LogP contribution in [0.5, 0.6) is 0 Å². The maximum absolute atomic E-state index is 10.5. The number of hydrogen-bond donors (Lipinski definition) is 2. The second-order valence-corrected chi connectivity index (χ2v) is 1.66. The molecule has 0 aliphatic carbocycles. The third kappa shape index (κ3) is 2.58. The molecule has 3 N–H and O–H groups in total. The number of nitrogens with one attached hydrogen (secondary N) is 1. The number of nitrogen functional groups attached to an aromatic ring is 1. The Bertz CT molecular complexity index is 247. The van der Waals surface area contributed by atoms with Gasteiger partial charge in [0.1, 0.15) is 5.82 Å². The van der Waals surface area contributed by atoms with Gasteiger partial charge in [0, 0.05) is 32.7 Å². The average Bonchev–Trinajstić information content (AvgIpc) is 1.59. The van der Waals surface area contributed by atoms with Gasteiger partial charge in [0.15, 0.2) is 0 Å². The van der Waals surface area contributed by atoms with Crippen LogP contribution in [-0.4, -0.2) is 9.97 Å². The first-order valence-corrected chi connectivity index (χ1v) is 2.44. The minimum atomic E-state index is -0.333. The second-order valence-electron chi connectivity index (χ2n) is 1.66. The van der Waals surface area contributed by atoms with Crippen molar-refractivity contribution in [1.29, 1.82) is 0 Å². The van der Waals surface area contributed by atoms with Crippen LogP contribution < -0.4 is 11.3 Å². The van der Waals surface area contributed by atoms with Gasteiger partial charge in [-0.05, 0) is 6.92 Å². The molecule has 0 aliphatic rings. The normalized spacial score (nSPS) is 8.50. The molecule has 5 heteroatoms. The third-order valence-electron chi connectivity index (χ3n) is 0.824. The summed E-state index contributed by atoms with van der Waals surface area (Å²) in [5.41, 5.74) is 4.84. The topological polar surface area (TPSA) is 71.8 Å². The molecule has 0 unspecified atom stereocenters. The van der Waals surface area contributed by atoms with Crippen molar-refractivity contribution in [2.45, 2.75) is 6.92 Å². The first-order chi connectivity index (χ1) is 4.18. The average molecular weight is 213 g/mol. The van der Waals surface area contributed by atoms with Crippen molar-refractivity contribution in [3.63, 3.8) is 0 Å². The molecule has 1 aromatic rings. The quantitative estimate of drug-likeness (QED) is 0.568. The molecule has 0 fully saturated rings. The standard InChI is InChI=1S/C5H6N3O.Y/c1-3-7-4(6)2-5(9)8-3;/h1H3,(H3,6,7,8,9);/q-1;.